The van der Waals surface area contributed by atoms with Gasteiger partial charge in [-0.1, -0.05) is 83.9 Å². The summed E-state index contributed by atoms with van der Waals surface area (Å²) in [6, 6.07) is 28.9. The summed E-state index contributed by atoms with van der Waals surface area (Å²) < 4.78 is 5.99. The van der Waals surface area contributed by atoms with Crippen molar-refractivity contribution < 1.29 is 9.21 Å². The minimum Gasteiger partial charge on any atom is -0.457 e. The van der Waals surface area contributed by atoms with Crippen LogP contribution >= 0.6 is 23.2 Å². The second kappa shape index (κ2) is 9.14. The van der Waals surface area contributed by atoms with Gasteiger partial charge in [-0.25, -0.2) is 0 Å². The zero-order chi connectivity index (χ0) is 22.8. The van der Waals surface area contributed by atoms with Crippen LogP contribution in [0.15, 0.2) is 107 Å². The van der Waals surface area contributed by atoms with Crippen molar-refractivity contribution in [3.05, 3.63) is 130 Å². The van der Waals surface area contributed by atoms with E-state index in [1.165, 1.54) is 0 Å². The highest BCUT2D eigenvalue weighted by Gasteiger charge is 2.29. The topological polar surface area (TPSA) is 33.5 Å². The monoisotopic (exact) mass is 471 g/mol. The predicted molar refractivity (Wildman–Crippen MR) is 134 cm³/mol. The lowest BCUT2D eigenvalue weighted by atomic mass is 10.1. The molecule has 1 aliphatic rings. The predicted octanol–water partition coefficient (Wildman–Crippen LogP) is 7.72. The SMILES string of the molecule is O=C1C(=Cc2ccc(-c3ccc(Cl)c(Cl)c3)o2)C=C(c2ccccc2)N1Cc1ccccc1. The number of furan rings is 1. The van der Waals surface area contributed by atoms with Gasteiger partial charge in [0.2, 0.25) is 0 Å². The summed E-state index contributed by atoms with van der Waals surface area (Å²) in [6.45, 7) is 0.490. The Hall–Kier alpha value is -3.53. The Balaban J connectivity index is 1.48. The third-order valence-electron chi connectivity index (χ3n) is 5.46. The third-order valence-corrected chi connectivity index (χ3v) is 6.20. The molecule has 3 aromatic carbocycles. The molecule has 3 nitrogen and oxygen atoms in total. The summed E-state index contributed by atoms with van der Waals surface area (Å²) in [5.74, 6) is 1.18. The van der Waals surface area contributed by atoms with Crippen LogP contribution in [0, 0.1) is 0 Å². The first-order chi connectivity index (χ1) is 16.1. The summed E-state index contributed by atoms with van der Waals surface area (Å²) >= 11 is 12.2. The molecule has 1 aromatic heterocycles. The maximum Gasteiger partial charge on any atom is 0.258 e. The number of hydrogen-bond donors (Lipinski definition) is 0. The van der Waals surface area contributed by atoms with Crippen molar-refractivity contribution in [2.75, 3.05) is 0 Å². The molecule has 5 rings (SSSR count). The van der Waals surface area contributed by atoms with E-state index in [1.54, 1.807) is 23.1 Å². The van der Waals surface area contributed by atoms with E-state index >= 15 is 0 Å². The molecule has 0 unspecified atom stereocenters. The van der Waals surface area contributed by atoms with Crippen molar-refractivity contribution in [1.82, 2.24) is 4.90 Å². The number of halogens is 2. The molecule has 0 saturated heterocycles. The van der Waals surface area contributed by atoms with Crippen LogP contribution in [0.2, 0.25) is 10.0 Å². The van der Waals surface area contributed by atoms with Crippen LogP contribution in [0.25, 0.3) is 23.1 Å². The van der Waals surface area contributed by atoms with E-state index in [9.17, 15) is 4.79 Å². The summed E-state index contributed by atoms with van der Waals surface area (Å²) in [7, 11) is 0. The molecular formula is C28H19Cl2NO2. The Morgan fingerprint density at radius 1 is 0.788 bits per heavy atom. The van der Waals surface area contributed by atoms with Gasteiger partial charge >= 0.3 is 0 Å². The lowest BCUT2D eigenvalue weighted by Gasteiger charge is -2.20. The zero-order valence-corrected chi connectivity index (χ0v) is 19.1. The first-order valence-electron chi connectivity index (χ1n) is 10.5. The van der Waals surface area contributed by atoms with Crippen molar-refractivity contribution in [2.45, 2.75) is 6.54 Å². The third kappa shape index (κ3) is 4.51. The van der Waals surface area contributed by atoms with Crippen molar-refractivity contribution in [1.29, 1.82) is 0 Å². The Labute approximate surface area is 202 Å². The molecule has 4 aromatic rings. The molecule has 0 spiro atoms. The molecule has 5 heteroatoms. The normalized spacial score (nSPS) is 14.7. The standard InChI is InChI=1S/C28H19Cl2NO2/c29-24-13-11-21(16-25(24)30)27-14-12-23(33-27)15-22-17-26(20-9-5-2-6-10-20)31(28(22)32)18-19-7-3-1-4-8-19/h1-17H,18H2. The van der Waals surface area contributed by atoms with E-state index in [0.29, 0.717) is 33.7 Å². The van der Waals surface area contributed by atoms with Crippen molar-refractivity contribution in [3.8, 4) is 11.3 Å². The molecule has 0 N–H and O–H groups in total. The second-order valence-corrected chi connectivity index (χ2v) is 8.52. The van der Waals surface area contributed by atoms with Crippen LogP contribution in [0.1, 0.15) is 16.9 Å². The van der Waals surface area contributed by atoms with Gasteiger partial charge in [-0.2, -0.15) is 0 Å². The molecule has 0 fully saturated rings. The minimum atomic E-state index is -0.0646. The minimum absolute atomic E-state index is 0.0646. The lowest BCUT2D eigenvalue weighted by Crippen LogP contribution is -2.25. The van der Waals surface area contributed by atoms with E-state index in [-0.39, 0.29) is 5.91 Å². The number of hydrogen-bond acceptors (Lipinski definition) is 2. The summed E-state index contributed by atoms with van der Waals surface area (Å²) in [5, 5.41) is 0.950. The molecule has 0 radical (unpaired) electrons. The first-order valence-corrected chi connectivity index (χ1v) is 11.2. The van der Waals surface area contributed by atoms with E-state index in [2.05, 4.69) is 0 Å². The molecule has 0 atom stereocenters. The van der Waals surface area contributed by atoms with Gasteiger partial charge in [-0.15, -0.1) is 0 Å². The average molecular weight is 472 g/mol. The van der Waals surface area contributed by atoms with Gasteiger partial charge in [0.1, 0.15) is 11.5 Å². The number of nitrogens with zero attached hydrogens (tertiary/aromatic N) is 1. The smallest absolute Gasteiger partial charge is 0.258 e. The van der Waals surface area contributed by atoms with Crippen LogP contribution in [0.3, 0.4) is 0 Å². The quantitative estimate of drug-likeness (QED) is 0.279. The van der Waals surface area contributed by atoms with Gasteiger partial charge in [0, 0.05) is 11.1 Å². The zero-order valence-electron chi connectivity index (χ0n) is 17.5. The van der Waals surface area contributed by atoms with Crippen LogP contribution in [-0.4, -0.2) is 10.8 Å². The fraction of sp³-hybridized carbons (Fsp3) is 0.0357. The van der Waals surface area contributed by atoms with Gasteiger partial charge < -0.3 is 9.32 Å². The van der Waals surface area contributed by atoms with Gasteiger partial charge in [0.25, 0.3) is 5.91 Å². The highest BCUT2D eigenvalue weighted by atomic mass is 35.5. The van der Waals surface area contributed by atoms with Gasteiger partial charge in [0.15, 0.2) is 0 Å². The Kier molecular flexibility index (Phi) is 5.91. The first kappa shape index (κ1) is 21.3. The number of amides is 1. The van der Waals surface area contributed by atoms with Crippen LogP contribution in [0.4, 0.5) is 0 Å². The van der Waals surface area contributed by atoms with Crippen LogP contribution in [-0.2, 0) is 11.3 Å². The van der Waals surface area contributed by atoms with E-state index in [4.69, 9.17) is 27.6 Å². The van der Waals surface area contributed by atoms with Gasteiger partial charge in [-0.3, -0.25) is 4.79 Å². The molecule has 0 bridgehead atoms. The molecule has 33 heavy (non-hydrogen) atoms. The second-order valence-electron chi connectivity index (χ2n) is 7.70. The molecule has 0 aliphatic carbocycles. The molecule has 1 amide bonds. The Morgan fingerprint density at radius 3 is 2.24 bits per heavy atom. The Morgan fingerprint density at radius 2 is 1.52 bits per heavy atom. The molecule has 2 heterocycles. The number of carbonyl (C=O) groups is 1. The highest BCUT2D eigenvalue weighted by Crippen LogP contribution is 2.34. The summed E-state index contributed by atoms with van der Waals surface area (Å²) in [5.41, 5.74) is 4.31. The average Bonchev–Trinajstić information content (AvgIpc) is 3.43. The fourth-order valence-electron chi connectivity index (χ4n) is 3.81. The van der Waals surface area contributed by atoms with Gasteiger partial charge in [0.05, 0.1) is 22.3 Å². The fourth-order valence-corrected chi connectivity index (χ4v) is 4.11. The number of rotatable bonds is 5. The highest BCUT2D eigenvalue weighted by molar-refractivity contribution is 6.42. The van der Waals surface area contributed by atoms with Crippen LogP contribution in [0.5, 0.6) is 0 Å². The van der Waals surface area contributed by atoms with Crippen LogP contribution < -0.4 is 0 Å². The number of benzene rings is 3. The summed E-state index contributed by atoms with van der Waals surface area (Å²) in [6.07, 6.45) is 3.69. The maximum atomic E-state index is 13.4. The van der Waals surface area contributed by atoms with E-state index in [0.717, 1.165) is 22.4 Å². The largest absolute Gasteiger partial charge is 0.457 e. The Bertz CT molecular complexity index is 1370. The molecule has 0 saturated carbocycles. The van der Waals surface area contributed by atoms with E-state index < -0.39 is 0 Å². The van der Waals surface area contributed by atoms with E-state index in [1.807, 2.05) is 84.9 Å². The molecule has 162 valence electrons. The van der Waals surface area contributed by atoms with Crippen molar-refractivity contribution in [2.24, 2.45) is 0 Å². The van der Waals surface area contributed by atoms with Gasteiger partial charge in [-0.05, 0) is 53.6 Å². The molecule has 1 aliphatic heterocycles. The molecular weight excluding hydrogens is 453 g/mol. The van der Waals surface area contributed by atoms with Crippen molar-refractivity contribution in [3.63, 3.8) is 0 Å². The number of carbonyl (C=O) groups excluding carboxylic acids is 1. The summed E-state index contributed by atoms with van der Waals surface area (Å²) in [4.78, 5) is 15.2. The van der Waals surface area contributed by atoms with Crippen molar-refractivity contribution >= 4 is 40.9 Å². The maximum absolute atomic E-state index is 13.4. The lowest BCUT2D eigenvalue weighted by molar-refractivity contribution is -0.123.